The fraction of sp³-hybridized carbons (Fsp3) is 1.00. The molecule has 0 aromatic carbocycles. The van der Waals surface area contributed by atoms with Crippen molar-refractivity contribution < 1.29 is 0 Å². The van der Waals surface area contributed by atoms with Gasteiger partial charge in [0.25, 0.3) is 0 Å². The first-order valence-electron chi connectivity index (χ1n) is 5.65. The predicted octanol–water partition coefficient (Wildman–Crippen LogP) is 2.99. The molecule has 0 saturated heterocycles. The van der Waals surface area contributed by atoms with Crippen LogP contribution >= 0.6 is 0 Å². The lowest BCUT2D eigenvalue weighted by Crippen LogP contribution is -2.55. The molecule has 86 valence electrons. The van der Waals surface area contributed by atoms with Gasteiger partial charge in [0.2, 0.25) is 0 Å². The van der Waals surface area contributed by atoms with Gasteiger partial charge in [-0.1, -0.05) is 31.2 Å². The average Bonchev–Trinajstić information content (AvgIpc) is 2.44. The summed E-state index contributed by atoms with van der Waals surface area (Å²) in [5.41, 5.74) is 0.0192. The van der Waals surface area contributed by atoms with Crippen LogP contribution in [0.2, 0.25) is 5.31 Å². The Morgan fingerprint density at radius 3 is 1.87 bits per heavy atom. The van der Waals surface area contributed by atoms with Gasteiger partial charge in [0.1, 0.15) is 0 Å². The van der Waals surface area contributed by atoms with E-state index in [2.05, 4.69) is 68.8 Å². The normalized spacial score (nSPS) is 17.9. The first kappa shape index (κ1) is 12.3. The quantitative estimate of drug-likeness (QED) is 0.623. The highest BCUT2D eigenvalue weighted by molar-refractivity contribution is 6.56. The highest BCUT2D eigenvalue weighted by Crippen LogP contribution is 2.37. The van der Waals surface area contributed by atoms with Crippen LogP contribution in [-0.2, 0) is 0 Å². The molecule has 0 aromatic heterocycles. The maximum Gasteiger partial charge on any atom is 0.418 e. The molecule has 0 fully saturated rings. The van der Waals surface area contributed by atoms with Crippen LogP contribution in [0.3, 0.4) is 0 Å². The van der Waals surface area contributed by atoms with Crippen molar-refractivity contribution in [2.75, 3.05) is 6.54 Å². The molecule has 0 bridgehead atoms. The van der Waals surface area contributed by atoms with Crippen LogP contribution in [0.25, 0.3) is 0 Å². The maximum absolute atomic E-state index is 4.29. The summed E-state index contributed by atoms with van der Waals surface area (Å²) in [5, 5.41) is 8.67. The molecule has 1 aliphatic heterocycles. The molecule has 0 aromatic rings. The minimum atomic E-state index is 0.0192. The Morgan fingerprint density at radius 2 is 1.53 bits per heavy atom. The summed E-state index contributed by atoms with van der Waals surface area (Å²) in [4.78, 5) is 4.17. The summed E-state index contributed by atoms with van der Waals surface area (Å²) >= 11 is 0. The lowest BCUT2D eigenvalue weighted by Gasteiger charge is -2.39. The summed E-state index contributed by atoms with van der Waals surface area (Å²) in [6, 6.07) is 0. The molecule has 0 saturated carbocycles. The average molecular weight is 210 g/mol. The number of hydrogen-bond acceptors (Lipinski definition) is 4. The molecule has 4 nitrogen and oxygen atoms in total. The lowest BCUT2D eigenvalue weighted by atomic mass is 9.51. The first-order valence-corrected chi connectivity index (χ1v) is 5.65. The molecule has 15 heavy (non-hydrogen) atoms. The van der Waals surface area contributed by atoms with Gasteiger partial charge in [-0.05, 0) is 33.0 Å². The SMILES string of the molecule is CCN1N=NN(C(C)(C)C)B1C(C)(C)C. The van der Waals surface area contributed by atoms with E-state index in [1.54, 1.807) is 0 Å². The van der Waals surface area contributed by atoms with E-state index in [0.29, 0.717) is 0 Å². The molecule has 0 amide bonds. The van der Waals surface area contributed by atoms with Gasteiger partial charge in [-0.25, -0.2) is 0 Å². The van der Waals surface area contributed by atoms with Crippen molar-refractivity contribution >= 4 is 6.98 Å². The van der Waals surface area contributed by atoms with Crippen LogP contribution in [0, 0.1) is 0 Å². The van der Waals surface area contributed by atoms with Crippen molar-refractivity contribution in [1.82, 2.24) is 9.84 Å². The second-order valence-electron chi connectivity index (χ2n) is 6.19. The fourth-order valence-corrected chi connectivity index (χ4v) is 1.87. The number of rotatable bonds is 1. The van der Waals surface area contributed by atoms with Crippen LogP contribution < -0.4 is 0 Å². The van der Waals surface area contributed by atoms with E-state index >= 15 is 0 Å². The topological polar surface area (TPSA) is 31.2 Å². The highest BCUT2D eigenvalue weighted by atomic mass is 15.7. The van der Waals surface area contributed by atoms with Gasteiger partial charge in [-0.2, -0.15) is 0 Å². The molecule has 1 heterocycles. The Bertz CT molecular complexity index is 251. The van der Waals surface area contributed by atoms with E-state index in [1.165, 1.54) is 0 Å². The standard InChI is InChI=1S/C10H23BN4/c1-8-14-11(9(2,3)4)15(13-12-14)10(5,6)7/h8H2,1-7H3. The van der Waals surface area contributed by atoms with Gasteiger partial charge in [0.15, 0.2) is 0 Å². The second-order valence-corrected chi connectivity index (χ2v) is 6.19. The van der Waals surface area contributed by atoms with Crippen molar-refractivity contribution in [2.24, 2.45) is 10.4 Å². The van der Waals surface area contributed by atoms with Gasteiger partial charge in [0.05, 0.1) is 0 Å². The van der Waals surface area contributed by atoms with E-state index in [9.17, 15) is 0 Å². The third-order valence-electron chi connectivity index (χ3n) is 2.55. The van der Waals surface area contributed by atoms with Crippen LogP contribution in [0.5, 0.6) is 0 Å². The number of hydrogen-bond donors (Lipinski definition) is 0. The van der Waals surface area contributed by atoms with E-state index in [4.69, 9.17) is 0 Å². The summed E-state index contributed by atoms with van der Waals surface area (Å²) in [5.74, 6) is 0. The van der Waals surface area contributed by atoms with Crippen LogP contribution in [0.15, 0.2) is 10.4 Å². The maximum atomic E-state index is 4.29. The van der Waals surface area contributed by atoms with Gasteiger partial charge in [0, 0.05) is 12.1 Å². The minimum Gasteiger partial charge on any atom is -0.295 e. The summed E-state index contributed by atoms with van der Waals surface area (Å²) in [7, 11) is 0. The Labute approximate surface area is 93.8 Å². The highest BCUT2D eigenvalue weighted by Gasteiger charge is 2.48. The Morgan fingerprint density at radius 1 is 1.00 bits per heavy atom. The fourth-order valence-electron chi connectivity index (χ4n) is 1.87. The van der Waals surface area contributed by atoms with Crippen LogP contribution in [0.4, 0.5) is 0 Å². The molecule has 0 aliphatic carbocycles. The third-order valence-corrected chi connectivity index (χ3v) is 2.55. The minimum absolute atomic E-state index is 0.0192. The van der Waals surface area contributed by atoms with Crippen molar-refractivity contribution in [2.45, 2.75) is 59.3 Å². The van der Waals surface area contributed by atoms with E-state index < -0.39 is 0 Å². The van der Waals surface area contributed by atoms with Gasteiger partial charge in [-0.15, -0.1) is 0 Å². The van der Waals surface area contributed by atoms with E-state index in [0.717, 1.165) is 6.54 Å². The van der Waals surface area contributed by atoms with Gasteiger partial charge in [-0.3, -0.25) is 9.84 Å². The molecule has 1 rings (SSSR count). The monoisotopic (exact) mass is 210 g/mol. The summed E-state index contributed by atoms with van der Waals surface area (Å²) < 4.78 is 0. The zero-order valence-electron chi connectivity index (χ0n) is 11.1. The third kappa shape index (κ3) is 2.44. The molecule has 5 heteroatoms. The van der Waals surface area contributed by atoms with E-state index in [-0.39, 0.29) is 17.8 Å². The molecule has 1 aliphatic rings. The van der Waals surface area contributed by atoms with Crippen molar-refractivity contribution in [1.29, 1.82) is 0 Å². The Balaban J connectivity index is 2.96. The second kappa shape index (κ2) is 3.69. The summed E-state index contributed by atoms with van der Waals surface area (Å²) in [6.45, 7) is 16.5. The zero-order valence-corrected chi connectivity index (χ0v) is 11.1. The molecule has 0 atom stereocenters. The van der Waals surface area contributed by atoms with Crippen molar-refractivity contribution in [3.05, 3.63) is 0 Å². The molecular weight excluding hydrogens is 187 g/mol. The van der Waals surface area contributed by atoms with E-state index in [1.807, 2.05) is 0 Å². The smallest absolute Gasteiger partial charge is 0.295 e. The molecule has 0 N–H and O–H groups in total. The molecular formula is C10H23BN4. The Hall–Kier alpha value is -0.735. The molecule has 0 unspecified atom stereocenters. The zero-order chi connectivity index (χ0) is 11.9. The predicted molar refractivity (Wildman–Crippen MR) is 64.3 cm³/mol. The molecule has 0 radical (unpaired) electrons. The Kier molecular flexibility index (Phi) is 3.03. The van der Waals surface area contributed by atoms with Crippen LogP contribution in [-0.4, -0.2) is 28.9 Å². The van der Waals surface area contributed by atoms with Gasteiger partial charge >= 0.3 is 6.98 Å². The van der Waals surface area contributed by atoms with Crippen molar-refractivity contribution in [3.8, 4) is 0 Å². The summed E-state index contributed by atoms with van der Waals surface area (Å²) in [6.07, 6.45) is 0. The largest absolute Gasteiger partial charge is 0.418 e. The molecule has 0 spiro atoms. The van der Waals surface area contributed by atoms with Crippen LogP contribution in [0.1, 0.15) is 48.5 Å². The number of nitrogens with zero attached hydrogens (tertiary/aromatic N) is 4. The van der Waals surface area contributed by atoms with Gasteiger partial charge < -0.3 is 0 Å². The lowest BCUT2D eigenvalue weighted by molar-refractivity contribution is 0.244. The first-order chi connectivity index (χ1) is 6.68. The van der Waals surface area contributed by atoms with Crippen molar-refractivity contribution in [3.63, 3.8) is 0 Å².